The maximum Gasteiger partial charge on any atom is 0.211 e. The molecule has 2 fully saturated rings. The van der Waals surface area contributed by atoms with Gasteiger partial charge in [0.05, 0.1) is 5.75 Å². The molecule has 0 aromatic heterocycles. The van der Waals surface area contributed by atoms with E-state index in [1.807, 2.05) is 0 Å². The Balaban J connectivity index is 0.00000288. The van der Waals surface area contributed by atoms with Crippen LogP contribution in [0.1, 0.15) is 46.0 Å². The zero-order chi connectivity index (χ0) is 16.7. The zero-order valence-corrected chi connectivity index (χ0v) is 18.1. The molecule has 24 heavy (non-hydrogen) atoms. The molecular formula is C16H33IN4O2S. The zero-order valence-electron chi connectivity index (χ0n) is 15.0. The average molecular weight is 472 g/mol. The highest BCUT2D eigenvalue weighted by molar-refractivity contribution is 14.0. The summed E-state index contributed by atoms with van der Waals surface area (Å²) in [5.41, 5.74) is 0. The lowest BCUT2D eigenvalue weighted by Crippen LogP contribution is -2.40. The monoisotopic (exact) mass is 472 g/mol. The Hall–Kier alpha value is -0.0900. The highest BCUT2D eigenvalue weighted by Gasteiger charge is 2.35. The molecule has 8 heteroatoms. The number of nitrogens with zero attached hydrogens (tertiary/aromatic N) is 2. The molecule has 2 N–H and O–H groups in total. The summed E-state index contributed by atoms with van der Waals surface area (Å²) < 4.78 is 25.4. The van der Waals surface area contributed by atoms with Gasteiger partial charge >= 0.3 is 0 Å². The summed E-state index contributed by atoms with van der Waals surface area (Å²) in [6.07, 6.45) is 6.20. The number of halogens is 1. The lowest BCUT2D eigenvalue weighted by molar-refractivity contribution is 0.299. The second-order valence-corrected chi connectivity index (χ2v) is 8.69. The van der Waals surface area contributed by atoms with Crippen molar-refractivity contribution in [2.24, 2.45) is 16.8 Å². The molecule has 0 aromatic rings. The van der Waals surface area contributed by atoms with Crippen molar-refractivity contribution >= 4 is 40.0 Å². The van der Waals surface area contributed by atoms with Crippen LogP contribution < -0.4 is 10.0 Å². The standard InChI is InChI=1S/C16H32N4O2S.HI/c1-3-17-16(18-10-7-11-19-23(21,22)4-2)20-12-14-8-5-6-9-15(14)13-20;/h14-15,19H,3-13H2,1-2H3,(H,17,18);1H. The van der Waals surface area contributed by atoms with Gasteiger partial charge in [-0.2, -0.15) is 0 Å². The first-order valence-electron chi connectivity index (χ1n) is 9.06. The van der Waals surface area contributed by atoms with E-state index in [1.54, 1.807) is 6.92 Å². The molecule has 2 aliphatic rings. The maximum atomic E-state index is 11.4. The number of aliphatic imine (C=N–C) groups is 1. The Bertz CT molecular complexity index is 484. The van der Waals surface area contributed by atoms with E-state index in [0.29, 0.717) is 13.1 Å². The average Bonchev–Trinajstić information content (AvgIpc) is 2.97. The van der Waals surface area contributed by atoms with Crippen LogP contribution in [0.3, 0.4) is 0 Å². The van der Waals surface area contributed by atoms with E-state index in [0.717, 1.165) is 43.9 Å². The quantitative estimate of drug-likeness (QED) is 0.258. The van der Waals surface area contributed by atoms with Gasteiger partial charge in [0.2, 0.25) is 10.0 Å². The molecular weight excluding hydrogens is 439 g/mol. The first-order valence-corrected chi connectivity index (χ1v) is 10.7. The Labute approximate surface area is 164 Å². The van der Waals surface area contributed by atoms with Crippen LogP contribution >= 0.6 is 24.0 Å². The topological polar surface area (TPSA) is 73.8 Å². The van der Waals surface area contributed by atoms with Crippen LogP contribution in [0.4, 0.5) is 0 Å². The fourth-order valence-corrected chi connectivity index (χ4v) is 4.26. The lowest BCUT2D eigenvalue weighted by atomic mass is 9.82. The van der Waals surface area contributed by atoms with Gasteiger partial charge in [0.15, 0.2) is 5.96 Å². The van der Waals surface area contributed by atoms with Crippen LogP contribution in [0.2, 0.25) is 0 Å². The van der Waals surface area contributed by atoms with Crippen LogP contribution in [0.15, 0.2) is 4.99 Å². The summed E-state index contributed by atoms with van der Waals surface area (Å²) >= 11 is 0. The number of nitrogens with one attached hydrogen (secondary N) is 2. The molecule has 2 atom stereocenters. The minimum Gasteiger partial charge on any atom is -0.357 e. The van der Waals surface area contributed by atoms with E-state index in [4.69, 9.17) is 4.99 Å². The largest absolute Gasteiger partial charge is 0.357 e. The van der Waals surface area contributed by atoms with Crippen molar-refractivity contribution in [2.75, 3.05) is 38.5 Å². The van der Waals surface area contributed by atoms with Crippen molar-refractivity contribution in [2.45, 2.75) is 46.0 Å². The summed E-state index contributed by atoms with van der Waals surface area (Å²) in [6, 6.07) is 0. The molecule has 6 nitrogen and oxygen atoms in total. The van der Waals surface area contributed by atoms with E-state index >= 15 is 0 Å². The second-order valence-electron chi connectivity index (χ2n) is 6.60. The third kappa shape index (κ3) is 6.67. The van der Waals surface area contributed by atoms with Crippen molar-refractivity contribution < 1.29 is 8.42 Å². The number of rotatable bonds is 7. The maximum absolute atomic E-state index is 11.4. The Morgan fingerprint density at radius 3 is 2.33 bits per heavy atom. The molecule has 2 rings (SSSR count). The minimum atomic E-state index is -3.09. The van der Waals surface area contributed by atoms with Crippen molar-refractivity contribution in [1.29, 1.82) is 0 Å². The van der Waals surface area contributed by atoms with Crippen LogP contribution in [0.5, 0.6) is 0 Å². The van der Waals surface area contributed by atoms with Crippen molar-refractivity contribution in [3.8, 4) is 0 Å². The third-order valence-electron chi connectivity index (χ3n) is 4.91. The minimum absolute atomic E-state index is 0. The van der Waals surface area contributed by atoms with Gasteiger partial charge in [0, 0.05) is 32.7 Å². The summed E-state index contributed by atoms with van der Waals surface area (Å²) in [4.78, 5) is 7.10. The molecule has 1 aliphatic carbocycles. The number of hydrogen-bond acceptors (Lipinski definition) is 3. The number of hydrogen-bond donors (Lipinski definition) is 2. The fourth-order valence-electron chi connectivity index (χ4n) is 3.60. The molecule has 142 valence electrons. The third-order valence-corrected chi connectivity index (χ3v) is 6.31. The number of fused-ring (bicyclic) bond motifs is 1. The van der Waals surface area contributed by atoms with Crippen molar-refractivity contribution in [3.05, 3.63) is 0 Å². The number of likely N-dealkylation sites (tertiary alicyclic amines) is 1. The Morgan fingerprint density at radius 1 is 1.17 bits per heavy atom. The SMILES string of the molecule is CCNC(=NCCCNS(=O)(=O)CC)N1CC2CCCCC2C1.I. The van der Waals surface area contributed by atoms with Gasteiger partial charge in [0.25, 0.3) is 0 Å². The first kappa shape index (κ1) is 22.0. The first-order chi connectivity index (χ1) is 11.1. The van der Waals surface area contributed by atoms with E-state index in [1.165, 1.54) is 25.7 Å². The van der Waals surface area contributed by atoms with Gasteiger partial charge < -0.3 is 10.2 Å². The van der Waals surface area contributed by atoms with E-state index in [2.05, 4.69) is 21.9 Å². The Morgan fingerprint density at radius 2 is 1.79 bits per heavy atom. The van der Waals surface area contributed by atoms with E-state index in [9.17, 15) is 8.42 Å². The van der Waals surface area contributed by atoms with Crippen LogP contribution in [0, 0.1) is 11.8 Å². The van der Waals surface area contributed by atoms with Crippen LogP contribution in [0.25, 0.3) is 0 Å². The molecule has 0 bridgehead atoms. The lowest BCUT2D eigenvalue weighted by Gasteiger charge is -2.22. The highest BCUT2D eigenvalue weighted by atomic mass is 127. The molecule has 1 heterocycles. The molecule has 1 saturated carbocycles. The Kier molecular flexibility index (Phi) is 9.88. The molecule has 0 radical (unpaired) electrons. The summed E-state index contributed by atoms with van der Waals surface area (Å²) in [5.74, 6) is 2.81. The summed E-state index contributed by atoms with van der Waals surface area (Å²) in [7, 11) is -3.09. The van der Waals surface area contributed by atoms with Gasteiger partial charge in [-0.3, -0.25) is 4.99 Å². The van der Waals surface area contributed by atoms with Crippen LogP contribution in [-0.4, -0.2) is 57.8 Å². The predicted octanol–water partition coefficient (Wildman–Crippen LogP) is 2.02. The van der Waals surface area contributed by atoms with Gasteiger partial charge in [-0.15, -0.1) is 24.0 Å². The molecule has 0 aromatic carbocycles. The molecule has 2 unspecified atom stereocenters. The fraction of sp³-hybridized carbons (Fsp3) is 0.938. The van der Waals surface area contributed by atoms with Crippen molar-refractivity contribution in [1.82, 2.24) is 14.9 Å². The number of guanidine groups is 1. The normalized spacial score (nSPS) is 24.4. The summed E-state index contributed by atoms with van der Waals surface area (Å²) in [5, 5.41) is 3.39. The molecule has 1 saturated heterocycles. The number of sulfonamides is 1. The van der Waals surface area contributed by atoms with Crippen LogP contribution in [-0.2, 0) is 10.0 Å². The van der Waals surface area contributed by atoms with Gasteiger partial charge in [-0.25, -0.2) is 13.1 Å². The van der Waals surface area contributed by atoms with Crippen molar-refractivity contribution in [3.63, 3.8) is 0 Å². The van der Waals surface area contributed by atoms with Gasteiger partial charge in [-0.05, 0) is 44.9 Å². The predicted molar refractivity (Wildman–Crippen MR) is 110 cm³/mol. The molecule has 0 amide bonds. The highest BCUT2D eigenvalue weighted by Crippen LogP contribution is 2.35. The smallest absolute Gasteiger partial charge is 0.211 e. The second kappa shape index (κ2) is 10.8. The molecule has 0 spiro atoms. The molecule has 1 aliphatic heterocycles. The van der Waals surface area contributed by atoms with Gasteiger partial charge in [0.1, 0.15) is 0 Å². The van der Waals surface area contributed by atoms with Gasteiger partial charge in [-0.1, -0.05) is 12.8 Å². The van der Waals surface area contributed by atoms with E-state index < -0.39 is 10.0 Å². The summed E-state index contributed by atoms with van der Waals surface area (Å²) in [6.45, 7) is 7.97. The van der Waals surface area contributed by atoms with E-state index in [-0.39, 0.29) is 29.7 Å².